The van der Waals surface area contributed by atoms with Gasteiger partial charge in [-0.3, -0.25) is 4.98 Å². The summed E-state index contributed by atoms with van der Waals surface area (Å²) in [5, 5.41) is 10.1. The van der Waals surface area contributed by atoms with Crippen LogP contribution in [0, 0.1) is 11.3 Å². The lowest BCUT2D eigenvalue weighted by Gasteiger charge is -2.16. The van der Waals surface area contributed by atoms with Crippen LogP contribution in [0.2, 0.25) is 5.02 Å². The van der Waals surface area contributed by atoms with Gasteiger partial charge in [-0.1, -0.05) is 35.9 Å². The van der Waals surface area contributed by atoms with Crippen LogP contribution >= 0.6 is 23.2 Å². The fourth-order valence-electron chi connectivity index (χ4n) is 4.90. The number of ether oxygens (including phenoxy) is 1. The lowest BCUT2D eigenvalue weighted by Crippen LogP contribution is -2.03. The number of benzene rings is 3. The van der Waals surface area contributed by atoms with Gasteiger partial charge in [-0.25, -0.2) is 13.4 Å². The normalized spacial score (nSPS) is 14.9. The summed E-state index contributed by atoms with van der Waals surface area (Å²) in [4.78, 5) is 8.89. The van der Waals surface area contributed by atoms with E-state index >= 15 is 0 Å². The molecule has 0 amide bonds. The van der Waals surface area contributed by atoms with E-state index in [2.05, 4.69) is 34.2 Å². The predicted octanol–water partition coefficient (Wildman–Crippen LogP) is 6.06. The Labute approximate surface area is 225 Å². The summed E-state index contributed by atoms with van der Waals surface area (Å²) in [5.74, 6) is 0.708. The van der Waals surface area contributed by atoms with Crippen LogP contribution in [0.1, 0.15) is 40.3 Å². The standard InChI is InChI=1S/C28H23Cl2N3O3S/c1-37(34,35)16-22-15-32-27-13-18(4-7-26(27)33-22)17-2-5-23-19(10-17)3-6-24(23)20-11-21(14-31)28(25(30)12-20)36-9-8-29/h2,4-5,7,10-13,15,24H,3,6,8-9,16H2,1H3. The van der Waals surface area contributed by atoms with E-state index in [9.17, 15) is 13.7 Å². The van der Waals surface area contributed by atoms with E-state index in [0.29, 0.717) is 38.9 Å². The first-order valence-electron chi connectivity index (χ1n) is 11.7. The topological polar surface area (TPSA) is 92.9 Å². The van der Waals surface area contributed by atoms with E-state index in [1.54, 1.807) is 0 Å². The van der Waals surface area contributed by atoms with Crippen molar-refractivity contribution in [1.29, 1.82) is 5.26 Å². The molecule has 0 bridgehead atoms. The first kappa shape index (κ1) is 25.5. The summed E-state index contributed by atoms with van der Waals surface area (Å²) in [6, 6.07) is 18.2. The largest absolute Gasteiger partial charge is 0.489 e. The third-order valence-electron chi connectivity index (χ3n) is 6.47. The Bertz CT molecular complexity index is 1670. The number of hydrogen-bond donors (Lipinski definition) is 0. The fraction of sp³-hybridized carbons (Fsp3) is 0.250. The second-order valence-corrected chi connectivity index (χ2v) is 12.1. The number of fused-ring (bicyclic) bond motifs is 2. The van der Waals surface area contributed by atoms with Gasteiger partial charge >= 0.3 is 0 Å². The number of alkyl halides is 1. The molecule has 1 aliphatic rings. The molecule has 0 fully saturated rings. The maximum atomic E-state index is 11.6. The number of nitriles is 1. The molecule has 188 valence electrons. The average molecular weight is 552 g/mol. The van der Waals surface area contributed by atoms with Crippen LogP contribution in [0.5, 0.6) is 5.75 Å². The zero-order valence-corrected chi connectivity index (χ0v) is 22.4. The number of aryl methyl sites for hydroxylation is 1. The summed E-state index contributed by atoms with van der Waals surface area (Å²) >= 11 is 12.2. The monoisotopic (exact) mass is 551 g/mol. The van der Waals surface area contributed by atoms with Crippen molar-refractivity contribution in [2.75, 3.05) is 18.7 Å². The highest BCUT2D eigenvalue weighted by atomic mass is 35.5. The molecule has 0 aliphatic heterocycles. The molecule has 0 saturated carbocycles. The molecule has 4 aromatic rings. The molecule has 1 aliphatic carbocycles. The summed E-state index contributed by atoms with van der Waals surface area (Å²) < 4.78 is 28.8. The Morgan fingerprint density at radius 1 is 1.11 bits per heavy atom. The van der Waals surface area contributed by atoms with Crippen molar-refractivity contribution in [3.8, 4) is 22.9 Å². The van der Waals surface area contributed by atoms with Crippen molar-refractivity contribution >= 4 is 44.1 Å². The van der Waals surface area contributed by atoms with Crippen molar-refractivity contribution in [2.45, 2.75) is 24.5 Å². The maximum absolute atomic E-state index is 11.6. The number of halogens is 2. The van der Waals surface area contributed by atoms with Gasteiger partial charge in [0.05, 0.1) is 45.1 Å². The Balaban J connectivity index is 1.43. The van der Waals surface area contributed by atoms with E-state index in [-0.39, 0.29) is 18.3 Å². The van der Waals surface area contributed by atoms with Crippen LogP contribution in [0.25, 0.3) is 22.2 Å². The lowest BCUT2D eigenvalue weighted by molar-refractivity contribution is 0.342. The van der Waals surface area contributed by atoms with Gasteiger partial charge in [0.1, 0.15) is 12.7 Å². The quantitative estimate of drug-likeness (QED) is 0.259. The molecule has 5 rings (SSSR count). The summed E-state index contributed by atoms with van der Waals surface area (Å²) in [7, 11) is -3.18. The minimum Gasteiger partial charge on any atom is -0.489 e. The van der Waals surface area contributed by atoms with E-state index < -0.39 is 9.84 Å². The van der Waals surface area contributed by atoms with Crippen molar-refractivity contribution in [1.82, 2.24) is 9.97 Å². The molecule has 1 heterocycles. The van der Waals surface area contributed by atoms with Crippen LogP contribution in [-0.2, 0) is 22.0 Å². The SMILES string of the molecule is CS(=O)(=O)Cc1cnc2cc(-c3ccc4c(c3)CCC4c3cc(Cl)c(OCCCl)c(C#N)c3)ccc2n1. The van der Waals surface area contributed by atoms with Gasteiger partial charge in [0, 0.05) is 12.2 Å². The molecule has 0 radical (unpaired) electrons. The van der Waals surface area contributed by atoms with Crippen molar-refractivity contribution in [2.24, 2.45) is 0 Å². The first-order chi connectivity index (χ1) is 17.8. The minimum absolute atomic E-state index is 0.131. The molecule has 1 unspecified atom stereocenters. The van der Waals surface area contributed by atoms with Gasteiger partial charge in [-0.05, 0) is 64.9 Å². The van der Waals surface area contributed by atoms with Crippen LogP contribution in [-0.4, -0.2) is 37.1 Å². The zero-order chi connectivity index (χ0) is 26.2. The average Bonchev–Trinajstić information content (AvgIpc) is 3.29. The fourth-order valence-corrected chi connectivity index (χ4v) is 5.93. The smallest absolute Gasteiger partial charge is 0.155 e. The number of nitrogens with zero attached hydrogens (tertiary/aromatic N) is 3. The molecule has 37 heavy (non-hydrogen) atoms. The minimum atomic E-state index is -3.18. The Morgan fingerprint density at radius 3 is 2.65 bits per heavy atom. The Kier molecular flexibility index (Phi) is 7.09. The van der Waals surface area contributed by atoms with Crippen LogP contribution in [0.4, 0.5) is 0 Å². The Morgan fingerprint density at radius 2 is 1.89 bits per heavy atom. The molecule has 1 aromatic heterocycles. The van der Waals surface area contributed by atoms with Crippen LogP contribution < -0.4 is 4.74 Å². The second-order valence-electron chi connectivity index (χ2n) is 9.17. The Hall–Kier alpha value is -3.18. The van der Waals surface area contributed by atoms with Gasteiger partial charge in [0.25, 0.3) is 0 Å². The molecular weight excluding hydrogens is 529 g/mol. The van der Waals surface area contributed by atoms with Crippen molar-refractivity contribution < 1.29 is 13.2 Å². The third kappa shape index (κ3) is 5.42. The van der Waals surface area contributed by atoms with Crippen LogP contribution in [0.15, 0.2) is 54.7 Å². The van der Waals surface area contributed by atoms with Crippen LogP contribution in [0.3, 0.4) is 0 Å². The maximum Gasteiger partial charge on any atom is 0.155 e. The van der Waals surface area contributed by atoms with E-state index in [1.165, 1.54) is 23.6 Å². The highest BCUT2D eigenvalue weighted by Crippen LogP contribution is 2.42. The molecule has 9 heteroatoms. The molecule has 0 spiro atoms. The number of aromatic nitrogens is 2. The molecule has 0 N–H and O–H groups in total. The number of rotatable bonds is 7. The molecule has 0 saturated heterocycles. The highest BCUT2D eigenvalue weighted by molar-refractivity contribution is 7.89. The van der Waals surface area contributed by atoms with Crippen molar-refractivity contribution in [3.05, 3.63) is 87.7 Å². The first-order valence-corrected chi connectivity index (χ1v) is 14.7. The molecule has 3 aromatic carbocycles. The molecule has 6 nitrogen and oxygen atoms in total. The molecule has 1 atom stereocenters. The van der Waals surface area contributed by atoms with E-state index in [1.807, 2.05) is 30.3 Å². The molecular formula is C28H23Cl2N3O3S. The number of hydrogen-bond acceptors (Lipinski definition) is 6. The van der Waals surface area contributed by atoms with Gasteiger partial charge in [-0.2, -0.15) is 5.26 Å². The van der Waals surface area contributed by atoms with Crippen molar-refractivity contribution in [3.63, 3.8) is 0 Å². The van der Waals surface area contributed by atoms with Gasteiger partial charge < -0.3 is 4.74 Å². The predicted molar refractivity (Wildman–Crippen MR) is 146 cm³/mol. The summed E-state index contributed by atoms with van der Waals surface area (Å²) in [5.41, 5.74) is 7.79. The zero-order valence-electron chi connectivity index (χ0n) is 20.0. The van der Waals surface area contributed by atoms with Gasteiger partial charge in [-0.15, -0.1) is 11.6 Å². The third-order valence-corrected chi connectivity index (χ3v) is 7.72. The lowest BCUT2D eigenvalue weighted by atomic mass is 9.90. The van der Waals surface area contributed by atoms with E-state index in [0.717, 1.165) is 29.5 Å². The van der Waals surface area contributed by atoms with Gasteiger partial charge in [0.15, 0.2) is 15.6 Å². The highest BCUT2D eigenvalue weighted by Gasteiger charge is 2.26. The second kappa shape index (κ2) is 10.3. The van der Waals surface area contributed by atoms with Gasteiger partial charge in [0.2, 0.25) is 0 Å². The summed E-state index contributed by atoms with van der Waals surface area (Å²) in [6.07, 6.45) is 4.55. The summed E-state index contributed by atoms with van der Waals surface area (Å²) in [6.45, 7) is 0.284. The van der Waals surface area contributed by atoms with E-state index in [4.69, 9.17) is 27.9 Å². The number of sulfone groups is 1.